The highest BCUT2D eigenvalue weighted by atomic mass is 32.2. The molecule has 3 aromatic rings. The van der Waals surface area contributed by atoms with Crippen LogP contribution in [0.3, 0.4) is 0 Å². The Kier molecular flexibility index (Phi) is 7.49. The number of carbonyl (C=O) groups excluding carboxylic acids is 2. The SMILES string of the molecule is COC(=O)c1c(NC(=O)CSc2nnc(C)n2-c2ccc(C)cc2)sc2c1CCCCCC2. The number of aromatic nitrogens is 3. The number of ether oxygens (including phenoxy) is 1. The van der Waals surface area contributed by atoms with Crippen LogP contribution in [0.25, 0.3) is 5.69 Å². The Morgan fingerprint density at radius 1 is 1.09 bits per heavy atom. The number of aryl methyl sites for hydroxylation is 3. The molecular weight excluding hydrogens is 456 g/mol. The zero-order valence-corrected chi connectivity index (χ0v) is 20.8. The molecule has 1 aromatic carbocycles. The average Bonchev–Trinajstić information content (AvgIpc) is 3.32. The second-order valence-electron chi connectivity index (χ2n) is 8.15. The monoisotopic (exact) mass is 484 g/mol. The summed E-state index contributed by atoms with van der Waals surface area (Å²) in [6.45, 7) is 3.93. The van der Waals surface area contributed by atoms with Gasteiger partial charge in [0.2, 0.25) is 5.91 Å². The number of benzene rings is 1. The van der Waals surface area contributed by atoms with Crippen LogP contribution in [-0.2, 0) is 22.4 Å². The van der Waals surface area contributed by atoms with Crippen LogP contribution in [0.4, 0.5) is 5.00 Å². The minimum Gasteiger partial charge on any atom is -0.465 e. The lowest BCUT2D eigenvalue weighted by Crippen LogP contribution is -2.16. The summed E-state index contributed by atoms with van der Waals surface area (Å²) in [6.07, 6.45) is 6.30. The molecule has 0 atom stereocenters. The number of rotatable bonds is 6. The van der Waals surface area contributed by atoms with Crippen LogP contribution in [0.1, 0.15) is 57.9 Å². The summed E-state index contributed by atoms with van der Waals surface area (Å²) in [7, 11) is 1.39. The fourth-order valence-corrected chi connectivity index (χ4v) is 6.14. The molecule has 1 N–H and O–H groups in total. The van der Waals surface area contributed by atoms with Crippen molar-refractivity contribution in [1.29, 1.82) is 0 Å². The molecule has 174 valence electrons. The average molecular weight is 485 g/mol. The maximum Gasteiger partial charge on any atom is 0.341 e. The molecule has 0 radical (unpaired) electrons. The third-order valence-electron chi connectivity index (χ3n) is 5.73. The zero-order valence-electron chi connectivity index (χ0n) is 19.1. The highest BCUT2D eigenvalue weighted by Gasteiger charge is 2.26. The number of methoxy groups -OCH3 is 1. The van der Waals surface area contributed by atoms with Gasteiger partial charge in [-0.15, -0.1) is 21.5 Å². The number of esters is 1. The summed E-state index contributed by atoms with van der Waals surface area (Å²) in [4.78, 5) is 26.6. The molecule has 0 bridgehead atoms. The number of hydrogen-bond donors (Lipinski definition) is 1. The minimum absolute atomic E-state index is 0.160. The van der Waals surface area contributed by atoms with E-state index in [1.807, 2.05) is 42.7 Å². The number of anilines is 1. The van der Waals surface area contributed by atoms with Gasteiger partial charge in [-0.3, -0.25) is 9.36 Å². The molecule has 0 fully saturated rings. The van der Waals surface area contributed by atoms with E-state index >= 15 is 0 Å². The second-order valence-corrected chi connectivity index (χ2v) is 10.2. The number of nitrogens with one attached hydrogen (secondary N) is 1. The van der Waals surface area contributed by atoms with Crippen molar-refractivity contribution in [2.45, 2.75) is 57.5 Å². The summed E-state index contributed by atoms with van der Waals surface area (Å²) in [6, 6.07) is 8.10. The number of thioether (sulfide) groups is 1. The first-order valence-electron chi connectivity index (χ1n) is 11.1. The van der Waals surface area contributed by atoms with Crippen LogP contribution in [-0.4, -0.2) is 39.5 Å². The molecule has 1 amide bonds. The van der Waals surface area contributed by atoms with Crippen LogP contribution in [0, 0.1) is 13.8 Å². The maximum absolute atomic E-state index is 12.9. The van der Waals surface area contributed by atoms with Crippen molar-refractivity contribution >= 4 is 40.0 Å². The van der Waals surface area contributed by atoms with E-state index < -0.39 is 0 Å². The highest BCUT2D eigenvalue weighted by Crippen LogP contribution is 2.37. The molecule has 4 rings (SSSR count). The molecule has 0 unspecified atom stereocenters. The summed E-state index contributed by atoms with van der Waals surface area (Å²) in [5.41, 5.74) is 3.70. The van der Waals surface area contributed by atoms with Gasteiger partial charge in [0.1, 0.15) is 10.8 Å². The van der Waals surface area contributed by atoms with Crippen LogP contribution < -0.4 is 5.32 Å². The molecule has 0 aliphatic heterocycles. The molecule has 33 heavy (non-hydrogen) atoms. The van der Waals surface area contributed by atoms with Crippen LogP contribution in [0.2, 0.25) is 0 Å². The fourth-order valence-electron chi connectivity index (χ4n) is 4.05. The van der Waals surface area contributed by atoms with Crippen LogP contribution in [0.15, 0.2) is 29.4 Å². The predicted molar refractivity (Wildman–Crippen MR) is 132 cm³/mol. The van der Waals surface area contributed by atoms with Gasteiger partial charge in [-0.25, -0.2) is 4.79 Å². The normalized spacial score (nSPS) is 13.7. The van der Waals surface area contributed by atoms with E-state index in [1.165, 1.54) is 47.1 Å². The Hall–Kier alpha value is -2.65. The Morgan fingerprint density at radius 3 is 2.55 bits per heavy atom. The molecule has 2 aromatic heterocycles. The number of amides is 1. The first-order valence-corrected chi connectivity index (χ1v) is 12.9. The van der Waals surface area contributed by atoms with E-state index in [-0.39, 0.29) is 17.6 Å². The van der Waals surface area contributed by atoms with Crippen molar-refractivity contribution in [2.75, 3.05) is 18.2 Å². The van der Waals surface area contributed by atoms with E-state index in [0.717, 1.165) is 49.2 Å². The van der Waals surface area contributed by atoms with Crippen molar-refractivity contribution < 1.29 is 14.3 Å². The third kappa shape index (κ3) is 5.30. The lowest BCUT2D eigenvalue weighted by atomic mass is 9.96. The van der Waals surface area contributed by atoms with Crippen LogP contribution >= 0.6 is 23.1 Å². The van der Waals surface area contributed by atoms with Crippen molar-refractivity contribution in [3.8, 4) is 5.69 Å². The molecule has 7 nitrogen and oxygen atoms in total. The second kappa shape index (κ2) is 10.5. The van der Waals surface area contributed by atoms with Gasteiger partial charge in [-0.05, 0) is 57.2 Å². The van der Waals surface area contributed by atoms with E-state index in [1.54, 1.807) is 0 Å². The van der Waals surface area contributed by atoms with Gasteiger partial charge >= 0.3 is 5.97 Å². The van der Waals surface area contributed by atoms with Crippen molar-refractivity contribution in [3.63, 3.8) is 0 Å². The molecule has 1 aliphatic carbocycles. The standard InChI is InChI=1S/C24H28N4O3S2/c1-15-10-12-17(13-11-15)28-16(2)26-27-24(28)32-14-20(29)25-22-21(23(30)31-3)18-8-6-4-5-7-9-19(18)33-22/h10-13H,4-9,14H2,1-3H3,(H,25,29). The largest absolute Gasteiger partial charge is 0.465 e. The van der Waals surface area contributed by atoms with Crippen molar-refractivity contribution in [1.82, 2.24) is 14.8 Å². The minimum atomic E-state index is -0.384. The number of fused-ring (bicyclic) bond motifs is 1. The number of carbonyl (C=O) groups is 2. The molecule has 9 heteroatoms. The Balaban J connectivity index is 1.51. The van der Waals surface area contributed by atoms with Crippen molar-refractivity contribution in [2.24, 2.45) is 0 Å². The fraction of sp³-hybridized carbons (Fsp3) is 0.417. The topological polar surface area (TPSA) is 86.1 Å². The molecule has 2 heterocycles. The number of hydrogen-bond acceptors (Lipinski definition) is 7. The molecular formula is C24H28N4O3S2. The summed E-state index contributed by atoms with van der Waals surface area (Å²) in [5.74, 6) is 0.349. The first kappa shape index (κ1) is 23.5. The third-order valence-corrected chi connectivity index (χ3v) is 7.87. The van der Waals surface area contributed by atoms with Crippen LogP contribution in [0.5, 0.6) is 0 Å². The van der Waals surface area contributed by atoms with E-state index in [9.17, 15) is 9.59 Å². The van der Waals surface area contributed by atoms with Gasteiger partial charge in [0.15, 0.2) is 5.16 Å². The van der Waals surface area contributed by atoms with Gasteiger partial charge in [0.25, 0.3) is 0 Å². The summed E-state index contributed by atoms with van der Waals surface area (Å²) in [5, 5.41) is 12.7. The van der Waals surface area contributed by atoms with E-state index in [4.69, 9.17) is 4.74 Å². The van der Waals surface area contributed by atoms with E-state index in [0.29, 0.717) is 15.7 Å². The molecule has 0 spiro atoms. The van der Waals surface area contributed by atoms with Gasteiger partial charge in [-0.1, -0.05) is 42.3 Å². The highest BCUT2D eigenvalue weighted by molar-refractivity contribution is 7.99. The number of nitrogens with zero attached hydrogens (tertiary/aromatic N) is 3. The zero-order chi connectivity index (χ0) is 23.4. The van der Waals surface area contributed by atoms with E-state index in [2.05, 4.69) is 15.5 Å². The number of thiophene rings is 1. The summed E-state index contributed by atoms with van der Waals surface area (Å²) < 4.78 is 6.99. The van der Waals surface area contributed by atoms with Gasteiger partial charge in [0, 0.05) is 10.6 Å². The van der Waals surface area contributed by atoms with Gasteiger partial charge in [-0.2, -0.15) is 0 Å². The van der Waals surface area contributed by atoms with Gasteiger partial charge in [0.05, 0.1) is 18.4 Å². The van der Waals surface area contributed by atoms with Crippen molar-refractivity contribution in [3.05, 3.63) is 51.7 Å². The molecule has 1 aliphatic rings. The summed E-state index contributed by atoms with van der Waals surface area (Å²) >= 11 is 2.83. The quantitative estimate of drug-likeness (QED) is 0.386. The lowest BCUT2D eigenvalue weighted by Gasteiger charge is -2.11. The Morgan fingerprint density at radius 2 is 1.82 bits per heavy atom. The first-order chi connectivity index (χ1) is 16.0. The smallest absolute Gasteiger partial charge is 0.341 e. The lowest BCUT2D eigenvalue weighted by molar-refractivity contribution is -0.113. The predicted octanol–water partition coefficient (Wildman–Crippen LogP) is 5.12. The van der Waals surface area contributed by atoms with Gasteiger partial charge < -0.3 is 10.1 Å². The Bertz CT molecular complexity index is 1150. The maximum atomic E-state index is 12.9. The molecule has 0 saturated heterocycles. The molecule has 0 saturated carbocycles. The Labute approximate surface area is 201 Å².